The second-order valence-corrected chi connectivity index (χ2v) is 14.1. The maximum absolute atomic E-state index is 2.44. The van der Waals surface area contributed by atoms with Gasteiger partial charge in [0, 0.05) is 0 Å². The summed E-state index contributed by atoms with van der Waals surface area (Å²) in [7, 11) is 0.736. The molecule has 0 aliphatic carbocycles. The molecule has 0 aliphatic rings. The molecule has 0 spiro atoms. The quantitative estimate of drug-likeness (QED) is 0.0641. The molecule has 212 valence electrons. The fraction of sp³-hybridized carbons (Fsp3) is 1.00. The molecule has 0 atom stereocenters. The molecule has 0 radical (unpaired) electrons. The van der Waals surface area contributed by atoms with Gasteiger partial charge in [0.15, 0.2) is 0 Å². The Bertz CT molecular complexity index is 320. The molecule has 0 unspecified atom stereocenters. The highest BCUT2D eigenvalue weighted by atomic mass is 32.2. The molecule has 0 saturated heterocycles. The minimum atomic E-state index is 0.736. The summed E-state index contributed by atoms with van der Waals surface area (Å²) in [6.07, 6.45) is 41.4. The molecular formula is C34H71S+. The van der Waals surface area contributed by atoms with Crippen LogP contribution in [0.5, 0.6) is 0 Å². The van der Waals surface area contributed by atoms with Crippen LogP contribution in [0.4, 0.5) is 0 Å². The Kier molecular flexibility index (Phi) is 32.7. The molecule has 0 amide bonds. The van der Waals surface area contributed by atoms with Crippen molar-refractivity contribution >= 4 is 10.9 Å². The van der Waals surface area contributed by atoms with Crippen LogP contribution >= 0.6 is 0 Å². The van der Waals surface area contributed by atoms with E-state index >= 15 is 0 Å². The molecule has 0 nitrogen and oxygen atoms in total. The highest BCUT2D eigenvalue weighted by Crippen LogP contribution is 2.16. The molecule has 1 heteroatoms. The van der Waals surface area contributed by atoms with Crippen molar-refractivity contribution in [3.05, 3.63) is 0 Å². The van der Waals surface area contributed by atoms with Crippen LogP contribution in [0.15, 0.2) is 0 Å². The van der Waals surface area contributed by atoms with Crippen molar-refractivity contribution in [3.8, 4) is 0 Å². The lowest BCUT2D eigenvalue weighted by atomic mass is 10.0. The second kappa shape index (κ2) is 32.4. The van der Waals surface area contributed by atoms with Crippen molar-refractivity contribution in [2.45, 2.75) is 201 Å². The van der Waals surface area contributed by atoms with E-state index in [1.807, 2.05) is 0 Å². The van der Waals surface area contributed by atoms with Gasteiger partial charge in [0.1, 0.15) is 17.3 Å². The first-order valence-electron chi connectivity index (χ1n) is 17.0. The molecule has 0 saturated carbocycles. The van der Waals surface area contributed by atoms with Crippen LogP contribution in [0, 0.1) is 0 Å². The zero-order chi connectivity index (χ0) is 25.5. The van der Waals surface area contributed by atoms with Gasteiger partial charge in [0.2, 0.25) is 0 Å². The summed E-state index contributed by atoms with van der Waals surface area (Å²) >= 11 is 0. The molecule has 0 heterocycles. The van der Waals surface area contributed by atoms with Gasteiger partial charge < -0.3 is 0 Å². The minimum Gasteiger partial charge on any atom is -0.0654 e. The summed E-state index contributed by atoms with van der Waals surface area (Å²) in [5.41, 5.74) is 0. The zero-order valence-corrected chi connectivity index (χ0v) is 26.1. The molecule has 0 rings (SSSR count). The average Bonchev–Trinajstić information content (AvgIpc) is 2.87. The van der Waals surface area contributed by atoms with Crippen molar-refractivity contribution < 1.29 is 0 Å². The molecule has 35 heavy (non-hydrogen) atoms. The highest BCUT2D eigenvalue weighted by molar-refractivity contribution is 7.96. The maximum Gasteiger partial charge on any atom is 0.108 e. The Morgan fingerprint density at radius 2 is 0.457 bits per heavy atom. The largest absolute Gasteiger partial charge is 0.108 e. The van der Waals surface area contributed by atoms with Crippen LogP contribution < -0.4 is 0 Å². The van der Waals surface area contributed by atoms with E-state index in [4.69, 9.17) is 0 Å². The van der Waals surface area contributed by atoms with E-state index in [2.05, 4.69) is 20.8 Å². The summed E-state index contributed by atoms with van der Waals surface area (Å²) in [6, 6.07) is 0. The van der Waals surface area contributed by atoms with Gasteiger partial charge in [-0.15, -0.1) is 0 Å². The fourth-order valence-corrected chi connectivity index (χ4v) is 7.40. The molecule has 0 fully saturated rings. The monoisotopic (exact) mass is 512 g/mol. The van der Waals surface area contributed by atoms with Gasteiger partial charge in [-0.3, -0.25) is 0 Å². The predicted molar refractivity (Wildman–Crippen MR) is 168 cm³/mol. The van der Waals surface area contributed by atoms with Gasteiger partial charge in [-0.25, -0.2) is 0 Å². The first-order valence-corrected chi connectivity index (χ1v) is 18.7. The van der Waals surface area contributed by atoms with E-state index in [1.165, 1.54) is 197 Å². The van der Waals surface area contributed by atoms with Crippen molar-refractivity contribution in [1.82, 2.24) is 0 Å². The summed E-state index contributed by atoms with van der Waals surface area (Å²) < 4.78 is 0. The minimum absolute atomic E-state index is 0.736. The number of unbranched alkanes of at least 4 members (excludes halogenated alkanes) is 26. The lowest BCUT2D eigenvalue weighted by molar-refractivity contribution is 0.538. The first kappa shape index (κ1) is 35.4. The normalized spacial score (nSPS) is 11.7. The fourth-order valence-electron chi connectivity index (χ4n) is 5.39. The molecule has 0 aromatic carbocycles. The first-order chi connectivity index (χ1) is 17.3. The van der Waals surface area contributed by atoms with Gasteiger partial charge >= 0.3 is 0 Å². The van der Waals surface area contributed by atoms with Gasteiger partial charge in [0.05, 0.1) is 0 Å². The molecule has 0 aromatic rings. The van der Waals surface area contributed by atoms with Crippen LogP contribution in [-0.4, -0.2) is 17.3 Å². The van der Waals surface area contributed by atoms with E-state index in [0.29, 0.717) is 0 Å². The van der Waals surface area contributed by atoms with Crippen LogP contribution in [0.3, 0.4) is 0 Å². The van der Waals surface area contributed by atoms with E-state index in [9.17, 15) is 0 Å². The van der Waals surface area contributed by atoms with Crippen molar-refractivity contribution in [2.75, 3.05) is 17.3 Å². The number of hydrogen-bond donors (Lipinski definition) is 0. The summed E-state index contributed by atoms with van der Waals surface area (Å²) in [6.45, 7) is 7.06. The van der Waals surface area contributed by atoms with Crippen molar-refractivity contribution in [2.24, 2.45) is 0 Å². The third-order valence-corrected chi connectivity index (χ3v) is 10.5. The van der Waals surface area contributed by atoms with E-state index in [1.54, 1.807) is 0 Å². The van der Waals surface area contributed by atoms with Gasteiger partial charge in [-0.1, -0.05) is 168 Å². The summed E-state index contributed by atoms with van der Waals surface area (Å²) in [5, 5.41) is 0. The molecule has 0 bridgehead atoms. The van der Waals surface area contributed by atoms with Crippen LogP contribution in [0.25, 0.3) is 0 Å². The Morgan fingerprint density at radius 1 is 0.257 bits per heavy atom. The summed E-state index contributed by atoms with van der Waals surface area (Å²) in [5.74, 6) is 4.51. The Hall–Kier alpha value is 0.350. The maximum atomic E-state index is 2.44. The van der Waals surface area contributed by atoms with Gasteiger partial charge in [0.25, 0.3) is 0 Å². The lowest BCUT2D eigenvalue weighted by Gasteiger charge is -2.07. The van der Waals surface area contributed by atoms with E-state index in [0.717, 1.165) is 10.9 Å². The van der Waals surface area contributed by atoms with Gasteiger partial charge in [-0.2, -0.15) is 0 Å². The standard InChI is InChI=1S/C34H71S/c1-4-7-9-11-13-15-17-19-21-23-25-27-29-31-33-35(6-3)34-32-30-28-26-24-22-20-18-16-14-12-10-8-5-2/h4-34H2,1-3H3/q+1. The second-order valence-electron chi connectivity index (χ2n) is 11.5. The molecule has 0 aliphatic heterocycles. The van der Waals surface area contributed by atoms with E-state index < -0.39 is 0 Å². The van der Waals surface area contributed by atoms with Crippen LogP contribution in [-0.2, 0) is 10.9 Å². The SMILES string of the molecule is CCCCCCCCCCCCCCCC[S+](CC)CCCCCCCCCCCCCCCC. The van der Waals surface area contributed by atoms with Crippen molar-refractivity contribution in [1.29, 1.82) is 0 Å². The number of hydrogen-bond acceptors (Lipinski definition) is 0. The zero-order valence-electron chi connectivity index (χ0n) is 25.3. The third-order valence-electron chi connectivity index (χ3n) is 7.98. The molecule has 0 N–H and O–H groups in total. The molecule has 0 aromatic heterocycles. The van der Waals surface area contributed by atoms with Crippen LogP contribution in [0.1, 0.15) is 201 Å². The third kappa shape index (κ3) is 30.5. The Morgan fingerprint density at radius 3 is 0.657 bits per heavy atom. The Balaban J connectivity index is 3.25. The Labute approximate surface area is 228 Å². The van der Waals surface area contributed by atoms with Crippen molar-refractivity contribution in [3.63, 3.8) is 0 Å². The topological polar surface area (TPSA) is 0 Å². The summed E-state index contributed by atoms with van der Waals surface area (Å²) in [4.78, 5) is 0. The predicted octanol–water partition coefficient (Wildman–Crippen LogP) is 12.6. The molecular weight excluding hydrogens is 440 g/mol. The van der Waals surface area contributed by atoms with Crippen LogP contribution in [0.2, 0.25) is 0 Å². The average molecular weight is 512 g/mol. The highest BCUT2D eigenvalue weighted by Gasteiger charge is 2.13. The van der Waals surface area contributed by atoms with E-state index in [-0.39, 0.29) is 0 Å². The number of rotatable bonds is 31. The smallest absolute Gasteiger partial charge is 0.0654 e. The van der Waals surface area contributed by atoms with Gasteiger partial charge in [-0.05, 0) is 43.5 Å². The lowest BCUT2D eigenvalue weighted by Crippen LogP contribution is -2.14.